The van der Waals surface area contributed by atoms with Crippen LogP contribution in [0.15, 0.2) is 30.3 Å². The lowest BCUT2D eigenvalue weighted by Crippen LogP contribution is -2.06. The fourth-order valence-electron chi connectivity index (χ4n) is 1.41. The van der Waals surface area contributed by atoms with Crippen LogP contribution < -0.4 is 4.74 Å². The summed E-state index contributed by atoms with van der Waals surface area (Å²) in [5.41, 5.74) is 1.20. The number of rotatable bonds is 4. The van der Waals surface area contributed by atoms with Crippen molar-refractivity contribution < 1.29 is 9.53 Å². The van der Waals surface area contributed by atoms with Gasteiger partial charge in [-0.25, -0.2) is 0 Å². The van der Waals surface area contributed by atoms with E-state index in [1.54, 1.807) is 0 Å². The number of allylic oxidation sites excluding steroid dienone is 1. The summed E-state index contributed by atoms with van der Waals surface area (Å²) in [7, 11) is 0. The van der Waals surface area contributed by atoms with Crippen LogP contribution in [0.4, 0.5) is 0 Å². The second-order valence-electron chi connectivity index (χ2n) is 5.50. The highest BCUT2D eigenvalue weighted by atomic mass is 16.5. The molecule has 0 unspecified atom stereocenters. The molecule has 0 aromatic heterocycles. The molecule has 1 aromatic carbocycles. The maximum Gasteiger partial charge on any atom is 0.311 e. The number of benzene rings is 1. The van der Waals surface area contributed by atoms with E-state index in [9.17, 15) is 4.79 Å². The highest BCUT2D eigenvalue weighted by Crippen LogP contribution is 2.20. The van der Waals surface area contributed by atoms with Gasteiger partial charge in [-0.15, -0.1) is 0 Å². The van der Waals surface area contributed by atoms with Crippen LogP contribution in [0.1, 0.15) is 46.1 Å². The minimum absolute atomic E-state index is 0.148. The average molecular weight is 246 g/mol. The van der Waals surface area contributed by atoms with Crippen LogP contribution in [0, 0.1) is 5.41 Å². The van der Waals surface area contributed by atoms with Gasteiger partial charge in [0.2, 0.25) is 0 Å². The molecule has 2 nitrogen and oxygen atoms in total. The molecule has 18 heavy (non-hydrogen) atoms. The first-order chi connectivity index (χ1) is 8.40. The Labute approximate surface area is 110 Å². The van der Waals surface area contributed by atoms with Crippen molar-refractivity contribution in [2.24, 2.45) is 5.41 Å². The molecule has 0 saturated carbocycles. The summed E-state index contributed by atoms with van der Waals surface area (Å²) in [5, 5.41) is 0. The van der Waals surface area contributed by atoms with Gasteiger partial charge in [0, 0.05) is 6.42 Å². The first-order valence-corrected chi connectivity index (χ1v) is 6.41. The average Bonchev–Trinajstić information content (AvgIpc) is 2.26. The van der Waals surface area contributed by atoms with Crippen molar-refractivity contribution in [1.82, 2.24) is 0 Å². The Balaban J connectivity index is 2.74. The molecular formula is C16H22O2. The van der Waals surface area contributed by atoms with Crippen molar-refractivity contribution in [3.63, 3.8) is 0 Å². The fraction of sp³-hybridized carbons (Fsp3) is 0.438. The zero-order valence-corrected chi connectivity index (χ0v) is 11.7. The molecule has 0 aliphatic carbocycles. The summed E-state index contributed by atoms with van der Waals surface area (Å²) in [6.45, 7) is 8.40. The zero-order chi connectivity index (χ0) is 13.6. The van der Waals surface area contributed by atoms with Crippen LogP contribution in [-0.2, 0) is 4.79 Å². The third-order valence-corrected chi connectivity index (χ3v) is 2.32. The van der Waals surface area contributed by atoms with Crippen LogP contribution in [0.25, 0.3) is 6.08 Å². The Morgan fingerprint density at radius 1 is 1.33 bits per heavy atom. The van der Waals surface area contributed by atoms with Crippen molar-refractivity contribution in [1.29, 1.82) is 0 Å². The zero-order valence-electron chi connectivity index (χ0n) is 11.7. The predicted molar refractivity (Wildman–Crippen MR) is 75.5 cm³/mol. The Bertz CT molecular complexity index is 425. The van der Waals surface area contributed by atoms with E-state index in [1.165, 1.54) is 0 Å². The van der Waals surface area contributed by atoms with E-state index in [4.69, 9.17) is 4.74 Å². The summed E-state index contributed by atoms with van der Waals surface area (Å²) in [6.07, 6.45) is 5.46. The van der Waals surface area contributed by atoms with Gasteiger partial charge in [-0.3, -0.25) is 4.79 Å². The molecule has 2 heteroatoms. The van der Waals surface area contributed by atoms with Gasteiger partial charge in [0.05, 0.1) is 0 Å². The molecule has 0 saturated heterocycles. The Hall–Kier alpha value is -1.57. The molecule has 0 fully saturated rings. The second-order valence-corrected chi connectivity index (χ2v) is 5.50. The van der Waals surface area contributed by atoms with Gasteiger partial charge in [0.15, 0.2) is 0 Å². The molecule has 1 rings (SSSR count). The van der Waals surface area contributed by atoms with Crippen molar-refractivity contribution in [3.05, 3.63) is 35.9 Å². The van der Waals surface area contributed by atoms with E-state index in [0.717, 1.165) is 12.0 Å². The van der Waals surface area contributed by atoms with Gasteiger partial charge in [-0.2, -0.15) is 0 Å². The molecule has 0 spiro atoms. The van der Waals surface area contributed by atoms with Crippen molar-refractivity contribution in [2.75, 3.05) is 0 Å². The van der Waals surface area contributed by atoms with Gasteiger partial charge in [0.25, 0.3) is 0 Å². The molecule has 0 aliphatic rings. The van der Waals surface area contributed by atoms with E-state index < -0.39 is 0 Å². The summed E-state index contributed by atoms with van der Waals surface area (Å²) in [6, 6.07) is 7.59. The minimum Gasteiger partial charge on any atom is -0.427 e. The molecule has 0 N–H and O–H groups in total. The SMILES string of the molecule is CCCC(=O)Oc1cccc(/C=C/C(C)(C)C)c1. The van der Waals surface area contributed by atoms with E-state index in [0.29, 0.717) is 12.2 Å². The van der Waals surface area contributed by atoms with Gasteiger partial charge in [-0.1, -0.05) is 52.0 Å². The first kappa shape index (κ1) is 14.5. The summed E-state index contributed by atoms with van der Waals surface area (Å²) < 4.78 is 5.25. The van der Waals surface area contributed by atoms with Crippen LogP contribution in [0.2, 0.25) is 0 Å². The van der Waals surface area contributed by atoms with E-state index >= 15 is 0 Å². The van der Waals surface area contributed by atoms with Crippen molar-refractivity contribution in [2.45, 2.75) is 40.5 Å². The minimum atomic E-state index is -0.172. The van der Waals surface area contributed by atoms with Gasteiger partial charge >= 0.3 is 5.97 Å². The van der Waals surface area contributed by atoms with Crippen molar-refractivity contribution >= 4 is 12.0 Å². The highest BCUT2D eigenvalue weighted by Gasteiger charge is 2.05. The second kappa shape index (κ2) is 6.39. The lowest BCUT2D eigenvalue weighted by Gasteiger charge is -2.11. The Morgan fingerprint density at radius 3 is 2.67 bits per heavy atom. The van der Waals surface area contributed by atoms with Gasteiger partial charge in [0.1, 0.15) is 5.75 Å². The van der Waals surface area contributed by atoms with Crippen LogP contribution in [-0.4, -0.2) is 5.97 Å². The Kier molecular flexibility index (Phi) is 5.14. The predicted octanol–water partition coefficient (Wildman–Crippen LogP) is 4.45. The van der Waals surface area contributed by atoms with Gasteiger partial charge < -0.3 is 4.74 Å². The quantitative estimate of drug-likeness (QED) is 0.579. The molecule has 0 atom stereocenters. The van der Waals surface area contributed by atoms with Crippen LogP contribution >= 0.6 is 0 Å². The summed E-state index contributed by atoms with van der Waals surface area (Å²) in [4.78, 5) is 11.4. The van der Waals surface area contributed by atoms with Crippen LogP contribution in [0.5, 0.6) is 5.75 Å². The van der Waals surface area contributed by atoms with E-state index in [-0.39, 0.29) is 11.4 Å². The highest BCUT2D eigenvalue weighted by molar-refractivity contribution is 5.72. The summed E-state index contributed by atoms with van der Waals surface area (Å²) in [5.74, 6) is 0.443. The normalized spacial score (nSPS) is 11.8. The molecule has 0 amide bonds. The lowest BCUT2D eigenvalue weighted by molar-refractivity contribution is -0.134. The molecule has 1 aromatic rings. The monoisotopic (exact) mass is 246 g/mol. The maximum atomic E-state index is 11.4. The number of hydrogen-bond donors (Lipinski definition) is 0. The van der Waals surface area contributed by atoms with E-state index in [1.807, 2.05) is 31.2 Å². The third-order valence-electron chi connectivity index (χ3n) is 2.32. The molecule has 0 radical (unpaired) electrons. The standard InChI is InChI=1S/C16H22O2/c1-5-7-15(17)18-14-9-6-8-13(12-14)10-11-16(2,3)4/h6,8-12H,5,7H2,1-4H3/b11-10+. The lowest BCUT2D eigenvalue weighted by atomic mass is 9.95. The molecule has 98 valence electrons. The summed E-state index contributed by atoms with van der Waals surface area (Å²) >= 11 is 0. The molecule has 0 bridgehead atoms. The maximum absolute atomic E-state index is 11.4. The molecule has 0 aliphatic heterocycles. The van der Waals surface area contributed by atoms with E-state index in [2.05, 4.69) is 32.9 Å². The van der Waals surface area contributed by atoms with Crippen LogP contribution in [0.3, 0.4) is 0 Å². The number of carbonyl (C=O) groups excluding carboxylic acids is 1. The third kappa shape index (κ3) is 5.67. The first-order valence-electron chi connectivity index (χ1n) is 6.41. The van der Waals surface area contributed by atoms with Gasteiger partial charge in [-0.05, 0) is 29.5 Å². The topological polar surface area (TPSA) is 26.3 Å². The largest absolute Gasteiger partial charge is 0.427 e. The Morgan fingerprint density at radius 2 is 2.06 bits per heavy atom. The number of carbonyl (C=O) groups is 1. The molecular weight excluding hydrogens is 224 g/mol. The number of ether oxygens (including phenoxy) is 1. The van der Waals surface area contributed by atoms with Crippen molar-refractivity contribution in [3.8, 4) is 5.75 Å². The smallest absolute Gasteiger partial charge is 0.311 e. The number of esters is 1. The number of hydrogen-bond acceptors (Lipinski definition) is 2. The molecule has 0 heterocycles. The fourth-order valence-corrected chi connectivity index (χ4v) is 1.41.